The Balaban J connectivity index is 3.01. The fraction of sp³-hybridized carbons (Fsp3) is 0.917. The SMILES string of the molecule is CCCCCCCCCCC(=O)O[Si]C. The van der Waals surface area contributed by atoms with E-state index < -0.39 is 0 Å². The molecule has 0 rings (SSSR count). The first-order valence-corrected chi connectivity index (χ1v) is 7.58. The zero-order valence-corrected chi connectivity index (χ0v) is 11.2. The smallest absolute Gasteiger partial charge is 0.311 e. The van der Waals surface area contributed by atoms with Gasteiger partial charge in [-0.3, -0.25) is 4.79 Å². The van der Waals surface area contributed by atoms with Crippen molar-refractivity contribution < 1.29 is 9.22 Å². The highest BCUT2D eigenvalue weighted by Gasteiger charge is 2.00. The molecule has 0 saturated heterocycles. The van der Waals surface area contributed by atoms with Crippen LogP contribution in [-0.2, 0) is 9.22 Å². The standard InChI is InChI=1S/C12H24O2Si/c1-3-4-5-6-7-8-9-10-11-12(13)14-15-2/h3-11H2,1-2H3. The van der Waals surface area contributed by atoms with Gasteiger partial charge in [-0.15, -0.1) is 0 Å². The second kappa shape index (κ2) is 11.8. The molecule has 2 radical (unpaired) electrons. The third-order valence-electron chi connectivity index (χ3n) is 2.45. The van der Waals surface area contributed by atoms with Gasteiger partial charge in [0.2, 0.25) is 0 Å². The summed E-state index contributed by atoms with van der Waals surface area (Å²) in [4.78, 5) is 11.0. The summed E-state index contributed by atoms with van der Waals surface area (Å²) in [6.45, 7) is 4.12. The number of hydrogen-bond acceptors (Lipinski definition) is 2. The molecule has 88 valence electrons. The normalized spacial score (nSPS) is 10.3. The molecule has 0 fully saturated rings. The van der Waals surface area contributed by atoms with Crippen LogP contribution in [-0.4, -0.2) is 15.7 Å². The monoisotopic (exact) mass is 228 g/mol. The van der Waals surface area contributed by atoms with Gasteiger partial charge in [0, 0.05) is 6.42 Å². The van der Waals surface area contributed by atoms with Crippen LogP contribution < -0.4 is 0 Å². The van der Waals surface area contributed by atoms with Crippen LogP contribution in [0.4, 0.5) is 0 Å². The Hall–Kier alpha value is -0.313. The minimum absolute atomic E-state index is 0.0261. The van der Waals surface area contributed by atoms with Crippen molar-refractivity contribution in [1.29, 1.82) is 0 Å². The lowest BCUT2D eigenvalue weighted by atomic mass is 10.1. The van der Waals surface area contributed by atoms with Crippen LogP contribution in [0.5, 0.6) is 0 Å². The maximum absolute atomic E-state index is 11.0. The molecule has 0 N–H and O–H groups in total. The Bertz CT molecular complexity index is 149. The van der Waals surface area contributed by atoms with Crippen molar-refractivity contribution in [2.24, 2.45) is 0 Å². The van der Waals surface area contributed by atoms with Gasteiger partial charge in [0.05, 0.1) is 0 Å². The highest BCUT2D eigenvalue weighted by Crippen LogP contribution is 2.09. The Labute approximate surface area is 96.7 Å². The lowest BCUT2D eigenvalue weighted by Gasteiger charge is -2.02. The van der Waals surface area contributed by atoms with Gasteiger partial charge >= 0.3 is 9.76 Å². The van der Waals surface area contributed by atoms with Gasteiger partial charge in [-0.1, -0.05) is 51.9 Å². The molecule has 0 spiro atoms. The van der Waals surface area contributed by atoms with E-state index in [0.717, 1.165) is 6.42 Å². The van der Waals surface area contributed by atoms with Crippen molar-refractivity contribution in [2.45, 2.75) is 71.3 Å². The number of unbranched alkanes of at least 4 members (excludes halogenated alkanes) is 7. The van der Waals surface area contributed by atoms with Gasteiger partial charge in [-0.05, 0) is 13.0 Å². The molecule has 0 atom stereocenters. The Morgan fingerprint density at radius 1 is 1.00 bits per heavy atom. The van der Waals surface area contributed by atoms with Crippen LogP contribution in [0.15, 0.2) is 0 Å². The Morgan fingerprint density at radius 3 is 2.07 bits per heavy atom. The van der Waals surface area contributed by atoms with Crippen molar-refractivity contribution in [3.05, 3.63) is 0 Å². The minimum atomic E-state index is -0.0261. The van der Waals surface area contributed by atoms with E-state index in [-0.39, 0.29) is 5.97 Å². The van der Waals surface area contributed by atoms with Crippen LogP contribution in [0, 0.1) is 0 Å². The fourth-order valence-corrected chi connectivity index (χ4v) is 1.90. The average Bonchev–Trinajstić information content (AvgIpc) is 2.22. The van der Waals surface area contributed by atoms with Gasteiger partial charge in [0.15, 0.2) is 0 Å². The topological polar surface area (TPSA) is 26.3 Å². The summed E-state index contributed by atoms with van der Waals surface area (Å²) in [5.41, 5.74) is 0. The molecule has 0 amide bonds. The van der Waals surface area contributed by atoms with Gasteiger partial charge in [0.25, 0.3) is 5.97 Å². The maximum atomic E-state index is 11.0. The first kappa shape index (κ1) is 14.7. The maximum Gasteiger partial charge on any atom is 0.311 e. The Kier molecular flexibility index (Phi) is 11.5. The molecular weight excluding hydrogens is 204 g/mol. The molecule has 0 aromatic rings. The lowest BCUT2D eigenvalue weighted by molar-refractivity contribution is -0.134. The largest absolute Gasteiger partial charge is 0.517 e. The Morgan fingerprint density at radius 2 is 1.53 bits per heavy atom. The van der Waals surface area contributed by atoms with Crippen molar-refractivity contribution in [1.82, 2.24) is 0 Å². The van der Waals surface area contributed by atoms with E-state index in [9.17, 15) is 4.79 Å². The molecule has 0 aromatic heterocycles. The van der Waals surface area contributed by atoms with E-state index in [1.54, 1.807) is 0 Å². The molecule has 0 aliphatic heterocycles. The predicted molar refractivity (Wildman–Crippen MR) is 64.9 cm³/mol. The van der Waals surface area contributed by atoms with Crippen molar-refractivity contribution in [3.63, 3.8) is 0 Å². The summed E-state index contributed by atoms with van der Waals surface area (Å²) in [5, 5.41) is 0. The van der Waals surface area contributed by atoms with Gasteiger partial charge in [0.1, 0.15) is 0 Å². The summed E-state index contributed by atoms with van der Waals surface area (Å²) in [6.07, 6.45) is 10.8. The van der Waals surface area contributed by atoms with Crippen molar-refractivity contribution in [2.75, 3.05) is 0 Å². The summed E-state index contributed by atoms with van der Waals surface area (Å²) < 4.78 is 4.89. The number of carbonyl (C=O) groups excluding carboxylic acids is 1. The first-order valence-electron chi connectivity index (χ1n) is 6.17. The molecule has 3 heteroatoms. The highest BCUT2D eigenvalue weighted by atomic mass is 28.2. The average molecular weight is 228 g/mol. The van der Waals surface area contributed by atoms with E-state index in [0.29, 0.717) is 16.2 Å². The molecule has 0 aliphatic rings. The minimum Gasteiger partial charge on any atom is -0.517 e. The number of hydrogen-bond donors (Lipinski definition) is 0. The number of carbonyl (C=O) groups is 1. The van der Waals surface area contributed by atoms with Crippen LogP contribution in [0.25, 0.3) is 0 Å². The molecule has 0 unspecified atom stereocenters. The van der Waals surface area contributed by atoms with Crippen molar-refractivity contribution >= 4 is 15.7 Å². The van der Waals surface area contributed by atoms with Crippen LogP contribution in [0.3, 0.4) is 0 Å². The zero-order valence-electron chi connectivity index (χ0n) is 10.2. The second-order valence-corrected chi connectivity index (χ2v) is 4.52. The summed E-state index contributed by atoms with van der Waals surface area (Å²) in [6, 6.07) is 0. The molecule has 0 aliphatic carbocycles. The third kappa shape index (κ3) is 11.6. The summed E-state index contributed by atoms with van der Waals surface area (Å²) in [7, 11) is 0.301. The summed E-state index contributed by atoms with van der Waals surface area (Å²) in [5.74, 6) is -0.0261. The van der Waals surface area contributed by atoms with Crippen LogP contribution >= 0.6 is 0 Å². The zero-order chi connectivity index (χ0) is 11.4. The van der Waals surface area contributed by atoms with Gasteiger partial charge in [-0.2, -0.15) is 0 Å². The van der Waals surface area contributed by atoms with Crippen LogP contribution in [0.2, 0.25) is 6.55 Å². The lowest BCUT2D eigenvalue weighted by Crippen LogP contribution is -2.05. The quantitative estimate of drug-likeness (QED) is 0.421. The third-order valence-corrected chi connectivity index (χ3v) is 2.88. The first-order chi connectivity index (χ1) is 7.31. The highest BCUT2D eigenvalue weighted by molar-refractivity contribution is 6.28. The second-order valence-electron chi connectivity index (χ2n) is 3.90. The van der Waals surface area contributed by atoms with E-state index in [1.165, 1.54) is 44.9 Å². The number of rotatable bonds is 10. The molecule has 0 aromatic carbocycles. The molecular formula is C12H24O2Si. The molecule has 0 bridgehead atoms. The fourth-order valence-electron chi connectivity index (χ4n) is 1.57. The van der Waals surface area contributed by atoms with Gasteiger partial charge in [-0.25, -0.2) is 0 Å². The summed E-state index contributed by atoms with van der Waals surface area (Å²) >= 11 is 0. The molecule has 15 heavy (non-hydrogen) atoms. The molecule has 2 nitrogen and oxygen atoms in total. The van der Waals surface area contributed by atoms with Gasteiger partial charge < -0.3 is 4.43 Å². The predicted octanol–water partition coefficient (Wildman–Crippen LogP) is 3.73. The van der Waals surface area contributed by atoms with E-state index in [2.05, 4.69) is 6.92 Å². The van der Waals surface area contributed by atoms with E-state index in [4.69, 9.17) is 4.43 Å². The van der Waals surface area contributed by atoms with E-state index >= 15 is 0 Å². The van der Waals surface area contributed by atoms with E-state index in [1.807, 2.05) is 6.55 Å². The molecule has 0 saturated carbocycles. The van der Waals surface area contributed by atoms with Crippen LogP contribution in [0.1, 0.15) is 64.7 Å². The molecule has 0 heterocycles. The van der Waals surface area contributed by atoms with Crippen molar-refractivity contribution in [3.8, 4) is 0 Å².